The highest BCUT2D eigenvalue weighted by molar-refractivity contribution is 5.05. The van der Waals surface area contributed by atoms with Gasteiger partial charge in [0.1, 0.15) is 0 Å². The first-order valence-corrected chi connectivity index (χ1v) is 4.78. The lowest BCUT2D eigenvalue weighted by molar-refractivity contribution is 0.0139. The third kappa shape index (κ3) is 2.20. The molecule has 13 heavy (non-hydrogen) atoms. The van der Waals surface area contributed by atoms with Crippen molar-refractivity contribution in [1.29, 1.82) is 0 Å². The molecule has 1 rings (SSSR count). The van der Waals surface area contributed by atoms with Crippen molar-refractivity contribution < 1.29 is 10.2 Å². The predicted octanol–water partition coefficient (Wildman–Crippen LogP) is 1.35. The van der Waals surface area contributed by atoms with Crippen LogP contribution < -0.4 is 0 Å². The Morgan fingerprint density at radius 2 is 2.38 bits per heavy atom. The summed E-state index contributed by atoms with van der Waals surface area (Å²) in [7, 11) is 0. The molecule has 0 heterocycles. The van der Waals surface area contributed by atoms with E-state index in [1.165, 1.54) is 0 Å². The van der Waals surface area contributed by atoms with Crippen LogP contribution in [0.3, 0.4) is 0 Å². The third-order valence-corrected chi connectivity index (χ3v) is 2.88. The van der Waals surface area contributed by atoms with Crippen molar-refractivity contribution in [2.24, 2.45) is 17.8 Å². The smallest absolute Gasteiger partial charge is 0.0810 e. The van der Waals surface area contributed by atoms with E-state index in [0.29, 0.717) is 11.8 Å². The zero-order valence-corrected chi connectivity index (χ0v) is 8.06. The summed E-state index contributed by atoms with van der Waals surface area (Å²) in [6, 6.07) is 0. The van der Waals surface area contributed by atoms with Crippen LogP contribution in [0, 0.1) is 17.8 Å². The highest BCUT2D eigenvalue weighted by atomic mass is 16.3. The molecule has 2 N–H and O–H groups in total. The number of aliphatic hydroxyl groups excluding tert-OH is 2. The van der Waals surface area contributed by atoms with Gasteiger partial charge >= 0.3 is 0 Å². The Kier molecular flexibility index (Phi) is 3.70. The van der Waals surface area contributed by atoms with E-state index < -0.39 is 6.10 Å². The SMILES string of the molecule is C=CC1CC=CC(C)C1C(O)CO. The first-order valence-electron chi connectivity index (χ1n) is 4.78. The van der Waals surface area contributed by atoms with Gasteiger partial charge in [-0.25, -0.2) is 0 Å². The standard InChI is InChI=1S/C11H18O2/c1-3-9-6-4-5-8(2)11(9)10(13)7-12/h3-5,8-13H,1,6-7H2,2H3. The van der Waals surface area contributed by atoms with Gasteiger partial charge in [0.15, 0.2) is 0 Å². The van der Waals surface area contributed by atoms with Gasteiger partial charge in [0, 0.05) is 0 Å². The third-order valence-electron chi connectivity index (χ3n) is 2.88. The number of hydrogen-bond donors (Lipinski definition) is 2. The van der Waals surface area contributed by atoms with Crippen LogP contribution in [0.15, 0.2) is 24.8 Å². The Hall–Kier alpha value is -0.600. The summed E-state index contributed by atoms with van der Waals surface area (Å²) in [5.41, 5.74) is 0. The average Bonchev–Trinajstić information content (AvgIpc) is 2.16. The monoisotopic (exact) mass is 182 g/mol. The van der Waals surface area contributed by atoms with E-state index in [0.717, 1.165) is 6.42 Å². The van der Waals surface area contributed by atoms with Gasteiger partial charge < -0.3 is 10.2 Å². The van der Waals surface area contributed by atoms with Crippen molar-refractivity contribution in [3.63, 3.8) is 0 Å². The van der Waals surface area contributed by atoms with Crippen molar-refractivity contribution in [3.8, 4) is 0 Å². The molecule has 2 heteroatoms. The average molecular weight is 182 g/mol. The Morgan fingerprint density at radius 3 is 2.92 bits per heavy atom. The Bertz CT molecular complexity index is 198. The number of rotatable bonds is 3. The van der Waals surface area contributed by atoms with Gasteiger partial charge in [-0.2, -0.15) is 0 Å². The van der Waals surface area contributed by atoms with Gasteiger partial charge in [-0.15, -0.1) is 6.58 Å². The maximum atomic E-state index is 9.62. The molecule has 0 saturated carbocycles. The lowest BCUT2D eigenvalue weighted by Gasteiger charge is -2.34. The Morgan fingerprint density at radius 1 is 1.69 bits per heavy atom. The molecule has 1 aliphatic carbocycles. The molecule has 0 saturated heterocycles. The summed E-state index contributed by atoms with van der Waals surface area (Å²) in [6.45, 7) is 5.66. The molecule has 4 atom stereocenters. The van der Waals surface area contributed by atoms with Crippen molar-refractivity contribution in [2.45, 2.75) is 19.4 Å². The normalized spacial score (nSPS) is 35.8. The van der Waals surface area contributed by atoms with Gasteiger partial charge in [-0.05, 0) is 24.2 Å². The van der Waals surface area contributed by atoms with E-state index >= 15 is 0 Å². The minimum Gasteiger partial charge on any atom is -0.394 e. The van der Waals surface area contributed by atoms with Crippen LogP contribution in [0.2, 0.25) is 0 Å². The molecule has 0 aromatic heterocycles. The lowest BCUT2D eigenvalue weighted by Crippen LogP contribution is -2.35. The molecular formula is C11H18O2. The van der Waals surface area contributed by atoms with Crippen molar-refractivity contribution in [1.82, 2.24) is 0 Å². The van der Waals surface area contributed by atoms with Gasteiger partial charge in [-0.3, -0.25) is 0 Å². The van der Waals surface area contributed by atoms with Crippen LogP contribution in [0.5, 0.6) is 0 Å². The quantitative estimate of drug-likeness (QED) is 0.647. The summed E-state index contributed by atoms with van der Waals surface area (Å²) < 4.78 is 0. The fraction of sp³-hybridized carbons (Fsp3) is 0.636. The number of aliphatic hydroxyl groups is 2. The van der Waals surface area contributed by atoms with Crippen LogP contribution in [0.25, 0.3) is 0 Å². The highest BCUT2D eigenvalue weighted by Crippen LogP contribution is 2.33. The molecule has 74 valence electrons. The molecule has 0 aromatic carbocycles. The van der Waals surface area contributed by atoms with Crippen LogP contribution >= 0.6 is 0 Å². The van der Waals surface area contributed by atoms with Crippen LogP contribution in [-0.4, -0.2) is 22.9 Å². The molecule has 1 aliphatic rings. The molecule has 0 bridgehead atoms. The second kappa shape index (κ2) is 4.58. The molecule has 0 fully saturated rings. The van der Waals surface area contributed by atoms with Crippen molar-refractivity contribution in [3.05, 3.63) is 24.8 Å². The molecule has 0 aliphatic heterocycles. The highest BCUT2D eigenvalue weighted by Gasteiger charge is 2.31. The van der Waals surface area contributed by atoms with Crippen LogP contribution in [0.4, 0.5) is 0 Å². The van der Waals surface area contributed by atoms with Crippen LogP contribution in [0.1, 0.15) is 13.3 Å². The second-order valence-electron chi connectivity index (χ2n) is 3.75. The van der Waals surface area contributed by atoms with Gasteiger partial charge in [-0.1, -0.05) is 25.2 Å². The zero-order chi connectivity index (χ0) is 9.84. The minimum atomic E-state index is -0.622. The second-order valence-corrected chi connectivity index (χ2v) is 3.75. The summed E-state index contributed by atoms with van der Waals surface area (Å²) in [4.78, 5) is 0. The molecule has 0 spiro atoms. The molecule has 2 nitrogen and oxygen atoms in total. The van der Waals surface area contributed by atoms with E-state index in [9.17, 15) is 5.11 Å². The maximum Gasteiger partial charge on any atom is 0.0810 e. The fourth-order valence-corrected chi connectivity index (χ4v) is 2.14. The van der Waals surface area contributed by atoms with Crippen molar-refractivity contribution >= 4 is 0 Å². The summed E-state index contributed by atoms with van der Waals surface area (Å²) >= 11 is 0. The van der Waals surface area contributed by atoms with E-state index in [1.54, 1.807) is 0 Å². The first kappa shape index (κ1) is 10.5. The lowest BCUT2D eigenvalue weighted by atomic mass is 9.74. The van der Waals surface area contributed by atoms with Crippen molar-refractivity contribution in [2.75, 3.05) is 6.61 Å². The van der Waals surface area contributed by atoms with E-state index in [1.807, 2.05) is 6.08 Å². The predicted molar refractivity (Wildman–Crippen MR) is 53.2 cm³/mol. The molecule has 4 unspecified atom stereocenters. The largest absolute Gasteiger partial charge is 0.394 e. The number of allylic oxidation sites excluding steroid dienone is 3. The zero-order valence-electron chi connectivity index (χ0n) is 8.06. The van der Waals surface area contributed by atoms with E-state index in [2.05, 4.69) is 25.7 Å². The number of hydrogen-bond acceptors (Lipinski definition) is 2. The van der Waals surface area contributed by atoms with Gasteiger partial charge in [0.25, 0.3) is 0 Å². The molecule has 0 aromatic rings. The topological polar surface area (TPSA) is 40.5 Å². The van der Waals surface area contributed by atoms with Crippen LogP contribution in [-0.2, 0) is 0 Å². The minimum absolute atomic E-state index is 0.118. The fourth-order valence-electron chi connectivity index (χ4n) is 2.14. The first-order chi connectivity index (χ1) is 6.20. The van der Waals surface area contributed by atoms with Gasteiger partial charge in [0.2, 0.25) is 0 Å². The Labute approximate surface area is 79.6 Å². The Balaban J connectivity index is 2.75. The van der Waals surface area contributed by atoms with Gasteiger partial charge in [0.05, 0.1) is 12.7 Å². The molecular weight excluding hydrogens is 164 g/mol. The summed E-state index contributed by atoms with van der Waals surface area (Å²) in [5, 5.41) is 18.5. The van der Waals surface area contributed by atoms with E-state index in [4.69, 9.17) is 5.11 Å². The van der Waals surface area contributed by atoms with E-state index in [-0.39, 0.29) is 12.5 Å². The maximum absolute atomic E-state index is 9.62. The summed E-state index contributed by atoms with van der Waals surface area (Å²) in [6.07, 6.45) is 6.41. The molecule has 0 radical (unpaired) electrons. The molecule has 0 amide bonds. The summed E-state index contributed by atoms with van der Waals surface area (Å²) in [5.74, 6) is 0.730.